The van der Waals surface area contributed by atoms with Crippen LogP contribution in [-0.4, -0.2) is 0 Å². The Morgan fingerprint density at radius 1 is 1.35 bits per heavy atom. The number of nitrogens with two attached hydrogens (primary N) is 1. The summed E-state index contributed by atoms with van der Waals surface area (Å²) >= 11 is 7.68. The van der Waals surface area contributed by atoms with Crippen molar-refractivity contribution in [1.29, 1.82) is 0 Å². The fourth-order valence-electron chi connectivity index (χ4n) is 1.78. The van der Waals surface area contributed by atoms with Crippen molar-refractivity contribution in [2.45, 2.75) is 13.0 Å². The molecule has 5 heteroatoms. The molecular formula is C12H12ClFN2S. The molecule has 0 fully saturated rings. The first kappa shape index (κ1) is 12.5. The van der Waals surface area contributed by atoms with Crippen molar-refractivity contribution >= 4 is 22.9 Å². The van der Waals surface area contributed by atoms with Gasteiger partial charge in [-0.15, -0.1) is 11.3 Å². The van der Waals surface area contributed by atoms with E-state index in [1.807, 2.05) is 18.4 Å². The summed E-state index contributed by atoms with van der Waals surface area (Å²) in [5, 5.41) is 2.37. The van der Waals surface area contributed by atoms with Crippen molar-refractivity contribution in [3.05, 3.63) is 56.5 Å². The van der Waals surface area contributed by atoms with Gasteiger partial charge in [0.15, 0.2) is 0 Å². The van der Waals surface area contributed by atoms with Crippen LogP contribution in [-0.2, 0) is 0 Å². The van der Waals surface area contributed by atoms with Crippen LogP contribution in [0.1, 0.15) is 22.0 Å². The molecule has 0 aliphatic rings. The van der Waals surface area contributed by atoms with E-state index in [-0.39, 0.29) is 11.9 Å². The second-order valence-electron chi connectivity index (χ2n) is 3.70. The lowest BCUT2D eigenvalue weighted by Gasteiger charge is -2.17. The van der Waals surface area contributed by atoms with Gasteiger partial charge in [-0.3, -0.25) is 5.84 Å². The second-order valence-corrected chi connectivity index (χ2v) is 5.23. The lowest BCUT2D eigenvalue weighted by molar-refractivity contribution is 0.615. The molecular weight excluding hydrogens is 259 g/mol. The molecule has 1 atom stereocenters. The molecule has 0 saturated heterocycles. The van der Waals surface area contributed by atoms with E-state index in [0.717, 1.165) is 16.0 Å². The lowest BCUT2D eigenvalue weighted by Crippen LogP contribution is -2.29. The van der Waals surface area contributed by atoms with Gasteiger partial charge in [-0.2, -0.15) is 0 Å². The van der Waals surface area contributed by atoms with Crippen molar-refractivity contribution in [2.24, 2.45) is 5.84 Å². The molecule has 1 aromatic heterocycles. The van der Waals surface area contributed by atoms with Gasteiger partial charge in [0.2, 0.25) is 0 Å². The Kier molecular flexibility index (Phi) is 3.79. The Balaban J connectivity index is 2.46. The van der Waals surface area contributed by atoms with E-state index in [2.05, 4.69) is 5.43 Å². The zero-order valence-corrected chi connectivity index (χ0v) is 10.8. The number of aryl methyl sites for hydroxylation is 1. The maximum atomic E-state index is 13.0. The van der Waals surface area contributed by atoms with Crippen molar-refractivity contribution in [3.63, 3.8) is 0 Å². The highest BCUT2D eigenvalue weighted by Crippen LogP contribution is 2.31. The largest absolute Gasteiger partial charge is 0.271 e. The number of nitrogens with one attached hydrogen (secondary N) is 1. The molecule has 0 aliphatic heterocycles. The summed E-state index contributed by atoms with van der Waals surface area (Å²) < 4.78 is 13.0. The Labute approximate surface area is 108 Å². The first-order valence-corrected chi connectivity index (χ1v) is 6.34. The molecule has 1 heterocycles. The van der Waals surface area contributed by atoms with E-state index in [1.165, 1.54) is 12.1 Å². The predicted octanol–water partition coefficient (Wildman–Crippen LogP) is 3.40. The summed E-state index contributed by atoms with van der Waals surface area (Å²) in [6.07, 6.45) is 0. The smallest absolute Gasteiger partial charge is 0.124 e. The molecule has 0 saturated carbocycles. The first-order valence-electron chi connectivity index (χ1n) is 5.08. The van der Waals surface area contributed by atoms with Crippen LogP contribution >= 0.6 is 22.9 Å². The van der Waals surface area contributed by atoms with Gasteiger partial charge in [0, 0.05) is 9.90 Å². The van der Waals surface area contributed by atoms with E-state index >= 15 is 0 Å². The van der Waals surface area contributed by atoms with Crippen LogP contribution < -0.4 is 11.3 Å². The van der Waals surface area contributed by atoms with Crippen LogP contribution in [0.2, 0.25) is 5.02 Å². The summed E-state index contributed by atoms with van der Waals surface area (Å²) in [4.78, 5) is 1.16. The van der Waals surface area contributed by atoms with Gasteiger partial charge < -0.3 is 0 Å². The summed E-state index contributed by atoms with van der Waals surface area (Å²) in [6, 6.07) is 6.11. The number of halogens is 2. The van der Waals surface area contributed by atoms with Crippen LogP contribution in [0.3, 0.4) is 0 Å². The van der Waals surface area contributed by atoms with Gasteiger partial charge in [-0.25, -0.2) is 9.82 Å². The fraction of sp³-hybridized carbons (Fsp3) is 0.167. The Bertz CT molecular complexity index is 527. The number of hydrogen-bond acceptors (Lipinski definition) is 3. The van der Waals surface area contributed by atoms with Gasteiger partial charge in [0.1, 0.15) is 5.82 Å². The Hall–Kier alpha value is -0.940. The molecule has 1 aromatic carbocycles. The molecule has 1 unspecified atom stereocenters. The number of benzene rings is 1. The summed E-state index contributed by atoms with van der Waals surface area (Å²) in [5.41, 5.74) is 4.56. The molecule has 0 radical (unpaired) electrons. The summed E-state index contributed by atoms with van der Waals surface area (Å²) in [6.45, 7) is 2.02. The molecule has 90 valence electrons. The van der Waals surface area contributed by atoms with Crippen LogP contribution in [0.15, 0.2) is 29.6 Å². The molecule has 0 amide bonds. The van der Waals surface area contributed by atoms with E-state index < -0.39 is 0 Å². The van der Waals surface area contributed by atoms with Gasteiger partial charge in [0.25, 0.3) is 0 Å². The third kappa shape index (κ3) is 2.50. The maximum Gasteiger partial charge on any atom is 0.124 e. The minimum Gasteiger partial charge on any atom is -0.271 e. The number of thiophene rings is 1. The molecule has 3 N–H and O–H groups in total. The second kappa shape index (κ2) is 5.14. The van der Waals surface area contributed by atoms with Crippen molar-refractivity contribution in [1.82, 2.24) is 5.43 Å². The van der Waals surface area contributed by atoms with Gasteiger partial charge in [-0.05, 0) is 41.6 Å². The quantitative estimate of drug-likeness (QED) is 0.663. The highest BCUT2D eigenvalue weighted by Gasteiger charge is 2.18. The van der Waals surface area contributed by atoms with E-state index in [0.29, 0.717) is 5.02 Å². The molecule has 0 aliphatic carbocycles. The van der Waals surface area contributed by atoms with Crippen LogP contribution in [0.4, 0.5) is 4.39 Å². The molecule has 2 rings (SSSR count). The standard InChI is InChI=1S/C12H12ClFN2S/c1-7-9(4-5-17-7)12(16-15)10-3-2-8(14)6-11(10)13/h2-6,12,16H,15H2,1H3. The monoisotopic (exact) mass is 270 g/mol. The Morgan fingerprint density at radius 3 is 2.65 bits per heavy atom. The molecule has 2 aromatic rings. The van der Waals surface area contributed by atoms with Crippen LogP contribution in [0.5, 0.6) is 0 Å². The average Bonchev–Trinajstić information content (AvgIpc) is 2.69. The van der Waals surface area contributed by atoms with E-state index in [1.54, 1.807) is 17.4 Å². The third-order valence-corrected chi connectivity index (χ3v) is 3.84. The Morgan fingerprint density at radius 2 is 2.12 bits per heavy atom. The number of hydrazine groups is 1. The molecule has 0 spiro atoms. The minimum atomic E-state index is -0.350. The van der Waals surface area contributed by atoms with Crippen LogP contribution in [0.25, 0.3) is 0 Å². The van der Waals surface area contributed by atoms with E-state index in [4.69, 9.17) is 17.4 Å². The van der Waals surface area contributed by atoms with Gasteiger partial charge in [0.05, 0.1) is 6.04 Å². The van der Waals surface area contributed by atoms with Crippen molar-refractivity contribution in [2.75, 3.05) is 0 Å². The van der Waals surface area contributed by atoms with Crippen molar-refractivity contribution in [3.8, 4) is 0 Å². The third-order valence-electron chi connectivity index (χ3n) is 2.65. The molecule has 2 nitrogen and oxygen atoms in total. The normalized spacial score (nSPS) is 12.7. The number of hydrogen-bond donors (Lipinski definition) is 2. The summed E-state index contributed by atoms with van der Waals surface area (Å²) in [7, 11) is 0. The first-order chi connectivity index (χ1) is 8.13. The molecule has 17 heavy (non-hydrogen) atoms. The highest BCUT2D eigenvalue weighted by atomic mass is 35.5. The van der Waals surface area contributed by atoms with Crippen LogP contribution in [0, 0.1) is 12.7 Å². The average molecular weight is 271 g/mol. The minimum absolute atomic E-state index is 0.214. The summed E-state index contributed by atoms with van der Waals surface area (Å²) in [5.74, 6) is 5.22. The highest BCUT2D eigenvalue weighted by molar-refractivity contribution is 7.10. The fourth-order valence-corrected chi connectivity index (χ4v) is 2.79. The maximum absolute atomic E-state index is 13.0. The molecule has 0 bridgehead atoms. The topological polar surface area (TPSA) is 38.0 Å². The zero-order chi connectivity index (χ0) is 12.4. The predicted molar refractivity (Wildman–Crippen MR) is 69.6 cm³/mol. The number of rotatable bonds is 3. The van der Waals surface area contributed by atoms with E-state index in [9.17, 15) is 4.39 Å². The van der Waals surface area contributed by atoms with Gasteiger partial charge in [-0.1, -0.05) is 17.7 Å². The SMILES string of the molecule is Cc1sccc1C(NN)c1ccc(F)cc1Cl. The lowest BCUT2D eigenvalue weighted by atomic mass is 10.00. The zero-order valence-electron chi connectivity index (χ0n) is 9.21. The van der Waals surface area contributed by atoms with Gasteiger partial charge >= 0.3 is 0 Å². The van der Waals surface area contributed by atoms with Crippen molar-refractivity contribution < 1.29 is 4.39 Å².